The van der Waals surface area contributed by atoms with E-state index >= 15 is 0 Å². The number of anilines is 2. The lowest BCUT2D eigenvalue weighted by molar-refractivity contribution is 0.0697. The Morgan fingerprint density at radius 1 is 1.08 bits per heavy atom. The van der Waals surface area contributed by atoms with Crippen LogP contribution in [0.1, 0.15) is 16.1 Å². The van der Waals surface area contributed by atoms with Crippen LogP contribution in [0.4, 0.5) is 15.9 Å². The molecule has 3 rings (SSSR count). The van der Waals surface area contributed by atoms with Crippen molar-refractivity contribution >= 4 is 17.5 Å². The first kappa shape index (κ1) is 15.6. The minimum Gasteiger partial charge on any atom is -0.478 e. The molecule has 0 aliphatic heterocycles. The molecule has 0 aliphatic rings. The number of hydrogen-bond acceptors (Lipinski definition) is 4. The summed E-state index contributed by atoms with van der Waals surface area (Å²) >= 11 is 0. The Hall–Kier alpha value is -3.28. The molecule has 24 heavy (non-hydrogen) atoms. The Kier molecular flexibility index (Phi) is 4.20. The van der Waals surface area contributed by atoms with E-state index in [4.69, 9.17) is 5.11 Å². The van der Waals surface area contributed by atoms with Crippen LogP contribution in [-0.4, -0.2) is 21.0 Å². The molecule has 1 heterocycles. The van der Waals surface area contributed by atoms with Crippen molar-refractivity contribution in [2.45, 2.75) is 6.92 Å². The smallest absolute Gasteiger partial charge is 0.335 e. The van der Waals surface area contributed by atoms with Gasteiger partial charge in [-0.25, -0.2) is 19.2 Å². The average molecular weight is 323 g/mol. The predicted molar refractivity (Wildman–Crippen MR) is 88.8 cm³/mol. The van der Waals surface area contributed by atoms with Crippen molar-refractivity contribution in [3.05, 3.63) is 71.7 Å². The maximum atomic E-state index is 13.4. The summed E-state index contributed by atoms with van der Waals surface area (Å²) in [5.74, 6) is -0.463. The molecule has 2 aromatic carbocycles. The number of rotatable bonds is 4. The summed E-state index contributed by atoms with van der Waals surface area (Å²) in [5, 5.41) is 12.1. The van der Waals surface area contributed by atoms with Gasteiger partial charge >= 0.3 is 5.97 Å². The SMILES string of the molecule is Cc1cc(Nc2cccc(C(=O)O)c2)nc(-c2cccc(F)c2)n1. The molecule has 5 nitrogen and oxygen atoms in total. The van der Waals surface area contributed by atoms with E-state index in [9.17, 15) is 9.18 Å². The normalized spacial score (nSPS) is 10.4. The summed E-state index contributed by atoms with van der Waals surface area (Å²) in [6.45, 7) is 1.81. The quantitative estimate of drug-likeness (QED) is 0.758. The second-order valence-corrected chi connectivity index (χ2v) is 5.24. The van der Waals surface area contributed by atoms with E-state index in [1.807, 2.05) is 6.92 Å². The minimum absolute atomic E-state index is 0.177. The minimum atomic E-state index is -1.00. The van der Waals surface area contributed by atoms with Gasteiger partial charge in [0.2, 0.25) is 0 Å². The number of aromatic carboxylic acids is 1. The fourth-order valence-electron chi connectivity index (χ4n) is 2.27. The lowest BCUT2D eigenvalue weighted by Gasteiger charge is -2.09. The lowest BCUT2D eigenvalue weighted by atomic mass is 10.2. The highest BCUT2D eigenvalue weighted by Crippen LogP contribution is 2.21. The van der Waals surface area contributed by atoms with E-state index in [2.05, 4.69) is 15.3 Å². The molecule has 0 radical (unpaired) electrons. The van der Waals surface area contributed by atoms with Crippen LogP contribution in [0, 0.1) is 12.7 Å². The highest BCUT2D eigenvalue weighted by molar-refractivity contribution is 5.89. The van der Waals surface area contributed by atoms with Crippen molar-refractivity contribution in [3.63, 3.8) is 0 Å². The molecule has 2 N–H and O–H groups in total. The fourth-order valence-corrected chi connectivity index (χ4v) is 2.27. The molecule has 1 aromatic heterocycles. The summed E-state index contributed by atoms with van der Waals surface area (Å²) < 4.78 is 13.4. The topological polar surface area (TPSA) is 75.1 Å². The van der Waals surface area contributed by atoms with Gasteiger partial charge in [-0.2, -0.15) is 0 Å². The molecule has 0 unspecified atom stereocenters. The number of hydrogen-bond donors (Lipinski definition) is 2. The summed E-state index contributed by atoms with van der Waals surface area (Å²) in [6.07, 6.45) is 0. The summed E-state index contributed by atoms with van der Waals surface area (Å²) in [4.78, 5) is 19.7. The van der Waals surface area contributed by atoms with E-state index in [1.54, 1.807) is 30.3 Å². The molecule has 3 aromatic rings. The molecular formula is C18H14FN3O2. The van der Waals surface area contributed by atoms with Crippen LogP contribution in [0.3, 0.4) is 0 Å². The molecule has 6 heteroatoms. The number of benzene rings is 2. The van der Waals surface area contributed by atoms with Gasteiger partial charge in [-0.05, 0) is 37.3 Å². The van der Waals surface area contributed by atoms with Gasteiger partial charge in [-0.15, -0.1) is 0 Å². The number of halogens is 1. The number of aryl methyl sites for hydroxylation is 1. The first-order valence-corrected chi connectivity index (χ1v) is 7.23. The molecule has 0 atom stereocenters. The summed E-state index contributed by atoms with van der Waals surface area (Å²) in [6, 6.07) is 14.2. The standard InChI is InChI=1S/C18H14FN3O2/c1-11-8-16(21-15-7-3-5-13(10-15)18(23)24)22-17(20-11)12-4-2-6-14(19)9-12/h2-10H,1H3,(H,23,24)(H,20,21,22). The molecule has 0 amide bonds. The number of carboxylic acid groups (broad SMARTS) is 1. The monoisotopic (exact) mass is 323 g/mol. The fraction of sp³-hybridized carbons (Fsp3) is 0.0556. The van der Waals surface area contributed by atoms with Gasteiger partial charge < -0.3 is 10.4 Å². The van der Waals surface area contributed by atoms with Crippen molar-refractivity contribution in [2.75, 3.05) is 5.32 Å². The molecule has 0 saturated carbocycles. The van der Waals surface area contributed by atoms with Crippen molar-refractivity contribution in [2.24, 2.45) is 0 Å². The third-order valence-electron chi connectivity index (χ3n) is 3.32. The van der Waals surface area contributed by atoms with E-state index in [0.29, 0.717) is 28.6 Å². The Morgan fingerprint density at radius 3 is 2.62 bits per heavy atom. The van der Waals surface area contributed by atoms with Crippen LogP contribution >= 0.6 is 0 Å². The first-order valence-electron chi connectivity index (χ1n) is 7.23. The molecule has 0 aliphatic carbocycles. The number of nitrogens with one attached hydrogen (secondary N) is 1. The molecule has 0 spiro atoms. The zero-order valence-electron chi connectivity index (χ0n) is 12.8. The van der Waals surface area contributed by atoms with Gasteiger partial charge in [-0.3, -0.25) is 0 Å². The molecule has 0 saturated heterocycles. The van der Waals surface area contributed by atoms with Gasteiger partial charge in [0.15, 0.2) is 5.82 Å². The largest absolute Gasteiger partial charge is 0.478 e. The average Bonchev–Trinajstić information content (AvgIpc) is 2.54. The van der Waals surface area contributed by atoms with Gasteiger partial charge in [0.05, 0.1) is 5.56 Å². The number of nitrogens with zero attached hydrogens (tertiary/aromatic N) is 2. The zero-order chi connectivity index (χ0) is 17.1. The van der Waals surface area contributed by atoms with Crippen molar-refractivity contribution in [3.8, 4) is 11.4 Å². The molecule has 0 fully saturated rings. The first-order chi connectivity index (χ1) is 11.5. The van der Waals surface area contributed by atoms with E-state index in [-0.39, 0.29) is 11.4 Å². The maximum absolute atomic E-state index is 13.4. The second kappa shape index (κ2) is 6.45. The van der Waals surface area contributed by atoms with Crippen molar-refractivity contribution in [1.82, 2.24) is 9.97 Å². The number of aromatic nitrogens is 2. The Balaban J connectivity index is 1.95. The van der Waals surface area contributed by atoms with Crippen LogP contribution in [-0.2, 0) is 0 Å². The second-order valence-electron chi connectivity index (χ2n) is 5.24. The Morgan fingerprint density at radius 2 is 1.88 bits per heavy atom. The highest BCUT2D eigenvalue weighted by atomic mass is 19.1. The van der Waals surface area contributed by atoms with Crippen LogP contribution in [0.5, 0.6) is 0 Å². The van der Waals surface area contributed by atoms with Crippen LogP contribution in [0.2, 0.25) is 0 Å². The van der Waals surface area contributed by atoms with Gasteiger partial charge in [0.25, 0.3) is 0 Å². The maximum Gasteiger partial charge on any atom is 0.335 e. The van der Waals surface area contributed by atoms with Crippen LogP contribution in [0.15, 0.2) is 54.6 Å². The third kappa shape index (κ3) is 3.55. The summed E-state index contributed by atoms with van der Waals surface area (Å²) in [7, 11) is 0. The van der Waals surface area contributed by atoms with Crippen molar-refractivity contribution in [1.29, 1.82) is 0 Å². The molecular weight excluding hydrogens is 309 g/mol. The van der Waals surface area contributed by atoms with E-state index in [0.717, 1.165) is 0 Å². The van der Waals surface area contributed by atoms with Crippen LogP contribution < -0.4 is 5.32 Å². The van der Waals surface area contributed by atoms with Gasteiger partial charge in [0, 0.05) is 23.0 Å². The zero-order valence-corrected chi connectivity index (χ0v) is 12.8. The Bertz CT molecular complexity index is 912. The van der Waals surface area contributed by atoms with Gasteiger partial charge in [0.1, 0.15) is 11.6 Å². The van der Waals surface area contributed by atoms with E-state index in [1.165, 1.54) is 24.3 Å². The van der Waals surface area contributed by atoms with Crippen molar-refractivity contribution < 1.29 is 14.3 Å². The molecule has 0 bridgehead atoms. The summed E-state index contributed by atoms with van der Waals surface area (Å²) in [5.41, 5.74) is 2.05. The number of carboxylic acids is 1. The predicted octanol–water partition coefficient (Wildman–Crippen LogP) is 4.03. The number of carbonyl (C=O) groups is 1. The molecule has 120 valence electrons. The lowest BCUT2D eigenvalue weighted by Crippen LogP contribution is -2.01. The Labute approximate surface area is 137 Å². The van der Waals surface area contributed by atoms with Crippen LogP contribution in [0.25, 0.3) is 11.4 Å². The third-order valence-corrected chi connectivity index (χ3v) is 3.32. The highest BCUT2D eigenvalue weighted by Gasteiger charge is 2.08. The van der Waals surface area contributed by atoms with Gasteiger partial charge in [-0.1, -0.05) is 18.2 Å². The van der Waals surface area contributed by atoms with E-state index < -0.39 is 5.97 Å².